The Hall–Kier alpha value is -3.35. The smallest absolute Gasteiger partial charge is 0.265 e. The molecule has 0 aliphatic carbocycles. The standard InChI is InChI=1S/C18H17NO6/c1-2-15(25-14-6-4-3-5-7-14)16(20)19-13-9-11(17(21)22)8-12(10-13)18(23)24/h3-10,15H,2H2,1H3,(H,19,20)(H,21,22)(H,23,24)/p-2/t15-/m1/s1. The van der Waals surface area contributed by atoms with E-state index in [0.717, 1.165) is 18.2 Å². The van der Waals surface area contributed by atoms with Gasteiger partial charge in [-0.25, -0.2) is 0 Å². The quantitative estimate of drug-likeness (QED) is 0.769. The SMILES string of the molecule is CC[C@@H](Oc1ccccc1)C(=O)Nc1cc(C(=O)[O-])cc(C(=O)[O-])c1. The first-order valence-electron chi connectivity index (χ1n) is 7.51. The zero-order valence-electron chi connectivity index (χ0n) is 13.4. The van der Waals surface area contributed by atoms with Crippen molar-refractivity contribution in [3.63, 3.8) is 0 Å². The molecule has 25 heavy (non-hydrogen) atoms. The molecule has 7 heteroatoms. The fraction of sp³-hybridized carbons (Fsp3) is 0.167. The van der Waals surface area contributed by atoms with Gasteiger partial charge < -0.3 is 29.9 Å². The Morgan fingerprint density at radius 3 is 2.04 bits per heavy atom. The average molecular weight is 341 g/mol. The van der Waals surface area contributed by atoms with Crippen LogP contribution in [0.1, 0.15) is 34.1 Å². The number of carbonyl (C=O) groups excluding carboxylic acids is 3. The number of hydrogen-bond donors (Lipinski definition) is 1. The Bertz CT molecular complexity index is 755. The van der Waals surface area contributed by atoms with E-state index in [4.69, 9.17) is 4.74 Å². The van der Waals surface area contributed by atoms with Crippen molar-refractivity contribution in [1.82, 2.24) is 0 Å². The highest BCUT2D eigenvalue weighted by Crippen LogP contribution is 2.17. The van der Waals surface area contributed by atoms with Crippen molar-refractivity contribution < 1.29 is 29.3 Å². The molecule has 0 aliphatic rings. The Kier molecular flexibility index (Phi) is 5.73. The molecule has 1 atom stereocenters. The number of para-hydroxylation sites is 1. The van der Waals surface area contributed by atoms with E-state index in [0.29, 0.717) is 12.2 Å². The van der Waals surface area contributed by atoms with E-state index in [1.807, 2.05) is 0 Å². The van der Waals surface area contributed by atoms with E-state index < -0.39 is 23.9 Å². The van der Waals surface area contributed by atoms with Gasteiger partial charge in [-0.1, -0.05) is 25.1 Å². The van der Waals surface area contributed by atoms with Crippen LogP contribution in [0.5, 0.6) is 5.75 Å². The second-order valence-corrected chi connectivity index (χ2v) is 5.19. The third-order valence-electron chi connectivity index (χ3n) is 3.36. The molecule has 1 amide bonds. The summed E-state index contributed by atoms with van der Waals surface area (Å²) in [5.74, 6) is -3.16. The summed E-state index contributed by atoms with van der Waals surface area (Å²) in [6.45, 7) is 1.75. The van der Waals surface area contributed by atoms with Crippen LogP contribution in [0.25, 0.3) is 0 Å². The normalized spacial score (nSPS) is 11.4. The van der Waals surface area contributed by atoms with E-state index in [1.54, 1.807) is 37.3 Å². The second-order valence-electron chi connectivity index (χ2n) is 5.19. The third-order valence-corrected chi connectivity index (χ3v) is 3.36. The van der Waals surface area contributed by atoms with Crippen LogP contribution >= 0.6 is 0 Å². The number of rotatable bonds is 7. The summed E-state index contributed by atoms with van der Waals surface area (Å²) < 4.78 is 5.58. The van der Waals surface area contributed by atoms with Crippen LogP contribution < -0.4 is 20.3 Å². The molecule has 0 aliphatic heterocycles. The first-order valence-corrected chi connectivity index (χ1v) is 7.51. The number of aromatic carboxylic acids is 2. The van der Waals surface area contributed by atoms with Crippen LogP contribution in [-0.2, 0) is 4.79 Å². The summed E-state index contributed by atoms with van der Waals surface area (Å²) in [5, 5.41) is 24.4. The Labute approximate surface area is 143 Å². The summed E-state index contributed by atoms with van der Waals surface area (Å²) in [6.07, 6.45) is -0.478. The summed E-state index contributed by atoms with van der Waals surface area (Å²) in [5.41, 5.74) is -0.760. The number of hydrogen-bond acceptors (Lipinski definition) is 6. The minimum Gasteiger partial charge on any atom is -0.545 e. The van der Waals surface area contributed by atoms with Gasteiger partial charge in [-0.2, -0.15) is 0 Å². The van der Waals surface area contributed by atoms with Crippen molar-refractivity contribution in [3.8, 4) is 5.75 Å². The molecule has 2 rings (SSSR count). The molecule has 0 spiro atoms. The van der Waals surface area contributed by atoms with Gasteiger partial charge in [0, 0.05) is 5.69 Å². The van der Waals surface area contributed by atoms with Crippen LogP contribution in [0, 0.1) is 0 Å². The third kappa shape index (κ3) is 4.81. The molecule has 0 aromatic heterocycles. The average Bonchev–Trinajstić information content (AvgIpc) is 2.60. The number of carboxylic acids is 2. The maximum atomic E-state index is 12.3. The predicted molar refractivity (Wildman–Crippen MR) is 84.9 cm³/mol. The molecule has 0 saturated heterocycles. The molecule has 0 saturated carbocycles. The number of anilines is 1. The number of benzene rings is 2. The molecule has 0 unspecified atom stereocenters. The van der Waals surface area contributed by atoms with Crippen molar-refractivity contribution in [2.75, 3.05) is 5.32 Å². The van der Waals surface area contributed by atoms with Crippen LogP contribution in [-0.4, -0.2) is 23.9 Å². The van der Waals surface area contributed by atoms with Crippen LogP contribution in [0.2, 0.25) is 0 Å². The molecular formula is C18H15NO6-2. The van der Waals surface area contributed by atoms with Gasteiger partial charge in [-0.15, -0.1) is 0 Å². The lowest BCUT2D eigenvalue weighted by Gasteiger charge is -2.18. The Morgan fingerprint density at radius 2 is 1.56 bits per heavy atom. The number of amides is 1. The van der Waals surface area contributed by atoms with Gasteiger partial charge in [0.15, 0.2) is 6.10 Å². The van der Waals surface area contributed by atoms with Gasteiger partial charge in [0.2, 0.25) is 0 Å². The predicted octanol–water partition coefficient (Wildman–Crippen LogP) is 0.210. The maximum absolute atomic E-state index is 12.3. The highest BCUT2D eigenvalue weighted by molar-refractivity contribution is 5.98. The lowest BCUT2D eigenvalue weighted by atomic mass is 10.1. The monoisotopic (exact) mass is 341 g/mol. The summed E-state index contributed by atoms with van der Waals surface area (Å²) in [4.78, 5) is 34.3. The zero-order valence-corrected chi connectivity index (χ0v) is 13.4. The molecule has 130 valence electrons. The Morgan fingerprint density at radius 1 is 1.00 bits per heavy atom. The topological polar surface area (TPSA) is 119 Å². The number of carbonyl (C=O) groups is 3. The molecule has 0 bridgehead atoms. The van der Waals surface area contributed by atoms with Crippen molar-refractivity contribution >= 4 is 23.5 Å². The molecule has 1 N–H and O–H groups in total. The van der Waals surface area contributed by atoms with Crippen molar-refractivity contribution in [3.05, 3.63) is 59.7 Å². The molecule has 2 aromatic carbocycles. The minimum atomic E-state index is -1.56. The van der Waals surface area contributed by atoms with Crippen molar-refractivity contribution in [2.24, 2.45) is 0 Å². The van der Waals surface area contributed by atoms with E-state index in [2.05, 4.69) is 5.32 Å². The first-order chi connectivity index (χ1) is 11.9. The lowest BCUT2D eigenvalue weighted by molar-refractivity contribution is -0.255. The van der Waals surface area contributed by atoms with Crippen molar-refractivity contribution in [2.45, 2.75) is 19.4 Å². The summed E-state index contributed by atoms with van der Waals surface area (Å²) in [7, 11) is 0. The van der Waals surface area contributed by atoms with Gasteiger partial charge in [0.05, 0.1) is 11.9 Å². The lowest BCUT2D eigenvalue weighted by Crippen LogP contribution is -2.33. The van der Waals surface area contributed by atoms with Gasteiger partial charge in [-0.3, -0.25) is 4.79 Å². The van der Waals surface area contributed by atoms with Crippen LogP contribution in [0.15, 0.2) is 48.5 Å². The van der Waals surface area contributed by atoms with Crippen molar-refractivity contribution in [1.29, 1.82) is 0 Å². The van der Waals surface area contributed by atoms with E-state index in [1.165, 1.54) is 0 Å². The van der Waals surface area contributed by atoms with Gasteiger partial charge in [0.1, 0.15) is 5.75 Å². The van der Waals surface area contributed by atoms with E-state index in [9.17, 15) is 24.6 Å². The Balaban J connectivity index is 2.20. The highest BCUT2D eigenvalue weighted by atomic mass is 16.5. The van der Waals surface area contributed by atoms with Gasteiger partial charge >= 0.3 is 0 Å². The van der Waals surface area contributed by atoms with Gasteiger partial charge in [0.25, 0.3) is 5.91 Å². The zero-order chi connectivity index (χ0) is 18.4. The number of carboxylic acid groups (broad SMARTS) is 2. The maximum Gasteiger partial charge on any atom is 0.265 e. The largest absolute Gasteiger partial charge is 0.545 e. The van der Waals surface area contributed by atoms with Crippen LogP contribution in [0.3, 0.4) is 0 Å². The summed E-state index contributed by atoms with van der Waals surface area (Å²) in [6, 6.07) is 11.8. The molecule has 7 nitrogen and oxygen atoms in total. The van der Waals surface area contributed by atoms with Crippen LogP contribution in [0.4, 0.5) is 5.69 Å². The number of ether oxygens (including phenoxy) is 1. The first kappa shape index (κ1) is 18.0. The highest BCUT2D eigenvalue weighted by Gasteiger charge is 2.19. The number of nitrogens with one attached hydrogen (secondary N) is 1. The van der Waals surface area contributed by atoms with E-state index in [-0.39, 0.29) is 16.8 Å². The molecule has 0 fully saturated rings. The molecule has 2 aromatic rings. The second kappa shape index (κ2) is 7.96. The van der Waals surface area contributed by atoms with Gasteiger partial charge in [-0.05, 0) is 47.9 Å². The summed E-state index contributed by atoms with van der Waals surface area (Å²) >= 11 is 0. The fourth-order valence-electron chi connectivity index (χ4n) is 2.14. The molecule has 0 radical (unpaired) electrons. The van der Waals surface area contributed by atoms with E-state index >= 15 is 0 Å². The molecule has 0 heterocycles. The minimum absolute atomic E-state index is 0.000937. The fourth-order valence-corrected chi connectivity index (χ4v) is 2.14. The molecular weight excluding hydrogens is 326 g/mol.